The van der Waals surface area contributed by atoms with Gasteiger partial charge in [-0.2, -0.15) is 5.10 Å². The SMILES string of the molecule is CCn1nccc1C(=O)N1CCC2(C(=O)Nc3ccccc32)C1c1cccnc1. The average Bonchev–Trinajstić information content (AvgIpc) is 3.46. The second-order valence-corrected chi connectivity index (χ2v) is 7.44. The molecule has 7 nitrogen and oxygen atoms in total. The van der Waals surface area contributed by atoms with Crippen LogP contribution in [-0.4, -0.2) is 38.0 Å². The van der Waals surface area contributed by atoms with Gasteiger partial charge in [-0.1, -0.05) is 24.3 Å². The molecule has 2 aliphatic rings. The van der Waals surface area contributed by atoms with Gasteiger partial charge in [0.05, 0.1) is 6.04 Å². The highest BCUT2D eigenvalue weighted by molar-refractivity contribution is 6.08. The summed E-state index contributed by atoms with van der Waals surface area (Å²) < 4.78 is 1.69. The number of amides is 2. The van der Waals surface area contributed by atoms with E-state index in [-0.39, 0.29) is 11.8 Å². The summed E-state index contributed by atoms with van der Waals surface area (Å²) in [5, 5.41) is 7.27. The number of nitrogens with zero attached hydrogens (tertiary/aromatic N) is 4. The Morgan fingerprint density at radius 2 is 2.07 bits per heavy atom. The van der Waals surface area contributed by atoms with Gasteiger partial charge in [-0.3, -0.25) is 19.3 Å². The molecule has 2 aliphatic heterocycles. The number of carbonyl (C=O) groups is 2. The number of hydrogen-bond donors (Lipinski definition) is 1. The predicted octanol–water partition coefficient (Wildman–Crippen LogP) is 2.78. The summed E-state index contributed by atoms with van der Waals surface area (Å²) >= 11 is 0. The van der Waals surface area contributed by atoms with Crippen molar-refractivity contribution in [1.82, 2.24) is 19.7 Å². The number of nitrogens with one attached hydrogen (secondary N) is 1. The minimum absolute atomic E-state index is 0.0631. The molecule has 1 spiro atoms. The molecular formula is C22H21N5O2. The van der Waals surface area contributed by atoms with Crippen molar-refractivity contribution in [2.24, 2.45) is 0 Å². The van der Waals surface area contributed by atoms with Gasteiger partial charge in [-0.15, -0.1) is 0 Å². The summed E-state index contributed by atoms with van der Waals surface area (Å²) in [7, 11) is 0. The molecule has 0 bridgehead atoms. The summed E-state index contributed by atoms with van der Waals surface area (Å²) in [6.45, 7) is 3.04. The number of likely N-dealkylation sites (tertiary alicyclic amines) is 1. The fraction of sp³-hybridized carbons (Fsp3) is 0.273. The van der Waals surface area contributed by atoms with Crippen molar-refractivity contribution in [3.63, 3.8) is 0 Å². The van der Waals surface area contributed by atoms with E-state index in [1.165, 1.54) is 0 Å². The molecule has 1 N–H and O–H groups in total. The van der Waals surface area contributed by atoms with Crippen LogP contribution in [0.4, 0.5) is 5.69 Å². The lowest BCUT2D eigenvalue weighted by Crippen LogP contribution is -2.43. The van der Waals surface area contributed by atoms with E-state index >= 15 is 0 Å². The van der Waals surface area contributed by atoms with Crippen LogP contribution in [0.5, 0.6) is 0 Å². The number of fused-ring (bicyclic) bond motifs is 2. The highest BCUT2D eigenvalue weighted by atomic mass is 16.2. The molecule has 29 heavy (non-hydrogen) atoms. The van der Waals surface area contributed by atoms with E-state index < -0.39 is 11.5 Å². The topological polar surface area (TPSA) is 80.1 Å². The Bertz CT molecular complexity index is 1090. The van der Waals surface area contributed by atoms with E-state index in [0.29, 0.717) is 25.2 Å². The van der Waals surface area contributed by atoms with Gasteiger partial charge >= 0.3 is 0 Å². The van der Waals surface area contributed by atoms with Gasteiger partial charge in [0.2, 0.25) is 5.91 Å². The number of rotatable bonds is 3. The molecule has 1 aromatic carbocycles. The van der Waals surface area contributed by atoms with Gasteiger partial charge in [-0.25, -0.2) is 0 Å². The number of aryl methyl sites for hydroxylation is 1. The predicted molar refractivity (Wildman–Crippen MR) is 107 cm³/mol. The van der Waals surface area contributed by atoms with Crippen molar-refractivity contribution in [3.8, 4) is 0 Å². The minimum Gasteiger partial charge on any atom is -0.329 e. The molecule has 0 aliphatic carbocycles. The highest BCUT2D eigenvalue weighted by Gasteiger charge is 2.59. The molecule has 1 saturated heterocycles. The third kappa shape index (κ3) is 2.43. The maximum absolute atomic E-state index is 13.5. The highest BCUT2D eigenvalue weighted by Crippen LogP contribution is 2.54. The van der Waals surface area contributed by atoms with Crippen LogP contribution < -0.4 is 5.32 Å². The van der Waals surface area contributed by atoms with Crippen LogP contribution >= 0.6 is 0 Å². The number of aromatic nitrogens is 3. The summed E-state index contributed by atoms with van der Waals surface area (Å²) in [5.74, 6) is -0.181. The zero-order valence-electron chi connectivity index (χ0n) is 16.1. The first-order chi connectivity index (χ1) is 14.2. The van der Waals surface area contributed by atoms with Crippen LogP contribution in [0.3, 0.4) is 0 Å². The van der Waals surface area contributed by atoms with Crippen molar-refractivity contribution >= 4 is 17.5 Å². The van der Waals surface area contributed by atoms with Crippen molar-refractivity contribution in [2.75, 3.05) is 11.9 Å². The van der Waals surface area contributed by atoms with Gasteiger partial charge in [-0.05, 0) is 42.7 Å². The van der Waals surface area contributed by atoms with Crippen molar-refractivity contribution in [1.29, 1.82) is 0 Å². The second-order valence-electron chi connectivity index (χ2n) is 7.44. The largest absolute Gasteiger partial charge is 0.329 e. The zero-order valence-corrected chi connectivity index (χ0v) is 16.1. The Hall–Kier alpha value is -3.48. The number of carbonyl (C=O) groups excluding carboxylic acids is 2. The molecule has 2 unspecified atom stereocenters. The van der Waals surface area contributed by atoms with Gasteiger partial charge < -0.3 is 10.2 Å². The van der Waals surface area contributed by atoms with Gasteiger partial charge in [0.15, 0.2) is 0 Å². The van der Waals surface area contributed by atoms with Crippen molar-refractivity contribution < 1.29 is 9.59 Å². The quantitative estimate of drug-likeness (QED) is 0.749. The van der Waals surface area contributed by atoms with E-state index in [2.05, 4.69) is 15.4 Å². The number of pyridine rings is 1. The van der Waals surface area contributed by atoms with E-state index in [9.17, 15) is 9.59 Å². The maximum Gasteiger partial charge on any atom is 0.272 e. The number of benzene rings is 1. The Balaban J connectivity index is 1.67. The first-order valence-corrected chi connectivity index (χ1v) is 9.80. The first kappa shape index (κ1) is 17.6. The molecule has 0 saturated carbocycles. The standard InChI is InChI=1S/C22H21N5O2/c1-2-27-18(9-12-24-27)20(28)26-13-10-22(19(26)15-6-5-11-23-14-15)16-7-3-4-8-17(16)25-21(22)29/h3-9,11-12,14,19H,2,10,13H2,1H3,(H,25,29). The average molecular weight is 387 g/mol. The smallest absolute Gasteiger partial charge is 0.272 e. The molecule has 2 amide bonds. The van der Waals surface area contributed by atoms with Crippen LogP contribution in [0.25, 0.3) is 0 Å². The second kappa shape index (κ2) is 6.55. The van der Waals surface area contributed by atoms with Crippen molar-refractivity contribution in [3.05, 3.63) is 77.9 Å². The fourth-order valence-electron chi connectivity index (χ4n) is 4.82. The fourth-order valence-corrected chi connectivity index (χ4v) is 4.82. The molecule has 2 atom stereocenters. The lowest BCUT2D eigenvalue weighted by atomic mass is 9.73. The summed E-state index contributed by atoms with van der Waals surface area (Å²) in [5.41, 5.74) is 2.32. The van der Waals surface area contributed by atoms with Crippen LogP contribution in [0.1, 0.15) is 41.0 Å². The van der Waals surface area contributed by atoms with E-state index in [0.717, 1.165) is 16.8 Å². The molecule has 3 aromatic rings. The zero-order chi connectivity index (χ0) is 20.0. The number of hydrogen-bond acceptors (Lipinski definition) is 4. The molecule has 5 rings (SSSR count). The molecule has 146 valence electrons. The Morgan fingerprint density at radius 3 is 2.86 bits per heavy atom. The van der Waals surface area contributed by atoms with Gasteiger partial charge in [0.25, 0.3) is 5.91 Å². The lowest BCUT2D eigenvalue weighted by Gasteiger charge is -2.34. The van der Waals surface area contributed by atoms with Crippen LogP contribution in [0, 0.1) is 0 Å². The van der Waals surface area contributed by atoms with E-state index in [4.69, 9.17) is 0 Å². The maximum atomic E-state index is 13.5. The Kier molecular flexibility index (Phi) is 3.97. The van der Waals surface area contributed by atoms with Gasteiger partial charge in [0.1, 0.15) is 11.1 Å². The number of anilines is 1. The minimum atomic E-state index is -0.827. The van der Waals surface area contributed by atoms with Gasteiger partial charge in [0, 0.05) is 37.4 Å². The van der Waals surface area contributed by atoms with Crippen LogP contribution in [-0.2, 0) is 16.8 Å². The number of para-hydroxylation sites is 1. The van der Waals surface area contributed by atoms with Crippen LogP contribution in [0.15, 0.2) is 61.1 Å². The molecule has 0 radical (unpaired) electrons. The third-order valence-electron chi connectivity index (χ3n) is 6.08. The Morgan fingerprint density at radius 1 is 1.21 bits per heavy atom. The summed E-state index contributed by atoms with van der Waals surface area (Å²) in [6.07, 6.45) is 5.65. The first-order valence-electron chi connectivity index (χ1n) is 9.80. The molecule has 7 heteroatoms. The molecule has 4 heterocycles. The lowest BCUT2D eigenvalue weighted by molar-refractivity contribution is -0.121. The molecule has 2 aromatic heterocycles. The summed E-state index contributed by atoms with van der Waals surface area (Å²) in [4.78, 5) is 32.9. The van der Waals surface area contributed by atoms with Crippen LogP contribution in [0.2, 0.25) is 0 Å². The Labute approximate surface area is 168 Å². The monoisotopic (exact) mass is 387 g/mol. The van der Waals surface area contributed by atoms with E-state index in [1.54, 1.807) is 29.3 Å². The normalized spacial score (nSPS) is 22.7. The molecular weight excluding hydrogens is 366 g/mol. The van der Waals surface area contributed by atoms with Crippen molar-refractivity contribution in [2.45, 2.75) is 31.3 Å². The summed E-state index contributed by atoms with van der Waals surface area (Å²) in [6, 6.07) is 12.8. The third-order valence-corrected chi connectivity index (χ3v) is 6.08. The molecule has 1 fully saturated rings. The van der Waals surface area contributed by atoms with E-state index in [1.807, 2.05) is 48.2 Å².